The molecule has 2 aromatic carbocycles. The van der Waals surface area contributed by atoms with Crippen molar-refractivity contribution < 1.29 is 18.3 Å². The summed E-state index contributed by atoms with van der Waals surface area (Å²) in [6.45, 7) is 0. The van der Waals surface area contributed by atoms with E-state index in [1.54, 1.807) is 0 Å². The lowest BCUT2D eigenvalue weighted by Gasteiger charge is -2.13. The average molecular weight is 287 g/mol. The summed E-state index contributed by atoms with van der Waals surface area (Å²) in [5, 5.41) is 10.2. The van der Waals surface area contributed by atoms with Crippen molar-refractivity contribution in [3.63, 3.8) is 0 Å². The Morgan fingerprint density at radius 2 is 1.68 bits per heavy atom. The van der Waals surface area contributed by atoms with E-state index in [4.69, 9.17) is 11.6 Å². The molecule has 1 nitrogen and oxygen atoms in total. The van der Waals surface area contributed by atoms with Crippen molar-refractivity contribution in [2.75, 3.05) is 0 Å². The fourth-order valence-electron chi connectivity index (χ4n) is 1.79. The second-order valence-corrected chi connectivity index (χ2v) is 4.56. The smallest absolute Gasteiger partial charge is 0.129 e. The largest absolute Gasteiger partial charge is 0.388 e. The summed E-state index contributed by atoms with van der Waals surface area (Å²) in [5.41, 5.74) is -0.0666. The third kappa shape index (κ3) is 3.28. The zero-order valence-electron chi connectivity index (χ0n) is 9.71. The van der Waals surface area contributed by atoms with Gasteiger partial charge in [0.1, 0.15) is 17.5 Å². The molecule has 0 heterocycles. The van der Waals surface area contributed by atoms with Crippen molar-refractivity contribution >= 4 is 11.6 Å². The van der Waals surface area contributed by atoms with Gasteiger partial charge < -0.3 is 5.11 Å². The van der Waals surface area contributed by atoms with Crippen LogP contribution < -0.4 is 0 Å². The Labute approximate surface area is 113 Å². The number of aliphatic hydroxyl groups excluding tert-OH is 1. The molecule has 0 aliphatic carbocycles. The van der Waals surface area contributed by atoms with Crippen LogP contribution in [0.2, 0.25) is 5.02 Å². The van der Waals surface area contributed by atoms with Crippen LogP contribution in [0.15, 0.2) is 36.4 Å². The molecule has 0 saturated heterocycles. The van der Waals surface area contributed by atoms with Crippen molar-refractivity contribution in [3.8, 4) is 0 Å². The van der Waals surface area contributed by atoms with Gasteiger partial charge in [0, 0.05) is 17.0 Å². The van der Waals surface area contributed by atoms with E-state index < -0.39 is 23.6 Å². The van der Waals surface area contributed by atoms with Crippen LogP contribution in [-0.2, 0) is 6.42 Å². The maximum Gasteiger partial charge on any atom is 0.129 e. The van der Waals surface area contributed by atoms with Gasteiger partial charge in [0.15, 0.2) is 0 Å². The van der Waals surface area contributed by atoms with Gasteiger partial charge in [0.05, 0.1) is 6.10 Å². The van der Waals surface area contributed by atoms with Crippen molar-refractivity contribution in [2.45, 2.75) is 12.5 Å². The normalized spacial score (nSPS) is 12.5. The molecule has 0 bridgehead atoms. The standard InChI is InChI=1S/C14H10ClF3O/c15-9-1-3-12(17)8(5-9)6-14(19)11-7-10(16)2-4-13(11)18/h1-5,7,14,19H,6H2. The zero-order valence-corrected chi connectivity index (χ0v) is 10.5. The summed E-state index contributed by atoms with van der Waals surface area (Å²) in [5.74, 6) is -1.96. The van der Waals surface area contributed by atoms with E-state index in [0.717, 1.165) is 24.3 Å². The number of hydrogen-bond donors (Lipinski definition) is 1. The van der Waals surface area contributed by atoms with Gasteiger partial charge in [-0.05, 0) is 42.0 Å². The average Bonchev–Trinajstić information content (AvgIpc) is 2.36. The summed E-state index contributed by atoms with van der Waals surface area (Å²) < 4.78 is 40.0. The summed E-state index contributed by atoms with van der Waals surface area (Å²) in [6, 6.07) is 6.63. The molecule has 1 atom stereocenters. The van der Waals surface area contributed by atoms with Crippen LogP contribution in [0.1, 0.15) is 17.2 Å². The molecule has 0 saturated carbocycles. The van der Waals surface area contributed by atoms with Crippen LogP contribution in [0.3, 0.4) is 0 Å². The van der Waals surface area contributed by atoms with E-state index in [0.29, 0.717) is 5.02 Å². The number of benzene rings is 2. The first-order chi connectivity index (χ1) is 8.97. The summed E-state index contributed by atoms with van der Waals surface area (Å²) in [4.78, 5) is 0. The van der Waals surface area contributed by atoms with Crippen LogP contribution in [0, 0.1) is 17.5 Å². The molecular weight excluding hydrogens is 277 g/mol. The predicted octanol–water partition coefficient (Wildman–Crippen LogP) is 4.03. The lowest BCUT2D eigenvalue weighted by atomic mass is 10.0. The number of aliphatic hydroxyl groups is 1. The summed E-state index contributed by atoms with van der Waals surface area (Å²) in [6.07, 6.45) is -1.53. The van der Waals surface area contributed by atoms with Crippen molar-refractivity contribution in [1.82, 2.24) is 0 Å². The monoisotopic (exact) mass is 286 g/mol. The number of hydrogen-bond acceptors (Lipinski definition) is 1. The first kappa shape index (κ1) is 13.9. The molecule has 1 N–H and O–H groups in total. The molecule has 2 rings (SSSR count). The molecule has 0 spiro atoms. The van der Waals surface area contributed by atoms with Crippen LogP contribution >= 0.6 is 11.6 Å². The van der Waals surface area contributed by atoms with E-state index in [1.165, 1.54) is 12.1 Å². The Hall–Kier alpha value is -1.52. The Bertz CT molecular complexity index is 601. The maximum absolute atomic E-state index is 13.5. The molecule has 0 aromatic heterocycles. The van der Waals surface area contributed by atoms with E-state index in [1.807, 2.05) is 0 Å². The fraction of sp³-hybridized carbons (Fsp3) is 0.143. The van der Waals surface area contributed by atoms with E-state index >= 15 is 0 Å². The van der Waals surface area contributed by atoms with Gasteiger partial charge in [0.2, 0.25) is 0 Å². The van der Waals surface area contributed by atoms with Crippen LogP contribution in [0.5, 0.6) is 0 Å². The van der Waals surface area contributed by atoms with E-state index in [-0.39, 0.29) is 17.5 Å². The Morgan fingerprint density at radius 3 is 2.42 bits per heavy atom. The van der Waals surface area contributed by atoms with Gasteiger partial charge in [-0.15, -0.1) is 0 Å². The first-order valence-electron chi connectivity index (χ1n) is 5.54. The van der Waals surface area contributed by atoms with Crippen molar-refractivity contribution in [3.05, 3.63) is 70.0 Å². The highest BCUT2D eigenvalue weighted by atomic mass is 35.5. The molecule has 19 heavy (non-hydrogen) atoms. The molecule has 1 unspecified atom stereocenters. The summed E-state index contributed by atoms with van der Waals surface area (Å²) >= 11 is 5.72. The van der Waals surface area contributed by atoms with E-state index in [9.17, 15) is 18.3 Å². The number of rotatable bonds is 3. The van der Waals surface area contributed by atoms with Crippen LogP contribution in [0.4, 0.5) is 13.2 Å². The fourth-order valence-corrected chi connectivity index (χ4v) is 1.98. The molecule has 0 fully saturated rings. The third-order valence-electron chi connectivity index (χ3n) is 2.74. The lowest BCUT2D eigenvalue weighted by molar-refractivity contribution is 0.172. The van der Waals surface area contributed by atoms with Crippen molar-refractivity contribution in [1.29, 1.82) is 0 Å². The highest BCUT2D eigenvalue weighted by Gasteiger charge is 2.16. The van der Waals surface area contributed by atoms with Gasteiger partial charge in [-0.1, -0.05) is 11.6 Å². The van der Waals surface area contributed by atoms with Gasteiger partial charge >= 0.3 is 0 Å². The van der Waals surface area contributed by atoms with Gasteiger partial charge in [-0.25, -0.2) is 13.2 Å². The zero-order chi connectivity index (χ0) is 14.0. The SMILES string of the molecule is OC(Cc1cc(Cl)ccc1F)c1cc(F)ccc1F. The third-order valence-corrected chi connectivity index (χ3v) is 2.97. The van der Waals surface area contributed by atoms with Crippen molar-refractivity contribution in [2.24, 2.45) is 0 Å². The highest BCUT2D eigenvalue weighted by molar-refractivity contribution is 6.30. The molecular formula is C14H10ClF3O. The highest BCUT2D eigenvalue weighted by Crippen LogP contribution is 2.24. The Kier molecular flexibility index (Phi) is 4.12. The predicted molar refractivity (Wildman–Crippen MR) is 66.4 cm³/mol. The Balaban J connectivity index is 2.27. The summed E-state index contributed by atoms with van der Waals surface area (Å²) in [7, 11) is 0. The van der Waals surface area contributed by atoms with Gasteiger partial charge in [0.25, 0.3) is 0 Å². The topological polar surface area (TPSA) is 20.2 Å². The molecule has 2 aromatic rings. The Morgan fingerprint density at radius 1 is 1.00 bits per heavy atom. The molecule has 5 heteroatoms. The minimum atomic E-state index is -1.34. The molecule has 0 aliphatic rings. The lowest BCUT2D eigenvalue weighted by Crippen LogP contribution is -2.06. The second-order valence-electron chi connectivity index (χ2n) is 4.12. The minimum absolute atomic E-state index is 0.142. The van der Waals surface area contributed by atoms with Crippen LogP contribution in [0.25, 0.3) is 0 Å². The van der Waals surface area contributed by atoms with Gasteiger partial charge in [-0.2, -0.15) is 0 Å². The molecule has 0 aliphatic heterocycles. The molecule has 0 radical (unpaired) electrons. The molecule has 100 valence electrons. The van der Waals surface area contributed by atoms with Gasteiger partial charge in [-0.3, -0.25) is 0 Å². The maximum atomic E-state index is 13.5. The number of halogens is 4. The minimum Gasteiger partial charge on any atom is -0.388 e. The second kappa shape index (κ2) is 5.63. The van der Waals surface area contributed by atoms with E-state index in [2.05, 4.69) is 0 Å². The first-order valence-corrected chi connectivity index (χ1v) is 5.92. The van der Waals surface area contributed by atoms with Crippen LogP contribution in [-0.4, -0.2) is 5.11 Å². The quantitative estimate of drug-likeness (QED) is 0.903. The molecule has 0 amide bonds.